The molecular formula is C19H20Cl2N4O. The number of nitrogens with zero attached hydrogens (tertiary/aromatic N) is 3. The van der Waals surface area contributed by atoms with E-state index >= 15 is 0 Å². The number of carbonyl (C=O) groups excluding carboxylic acids is 1. The quantitative estimate of drug-likeness (QED) is 0.619. The first-order chi connectivity index (χ1) is 12.5. The number of hydrogen-bond acceptors (Lipinski definition) is 3. The first-order valence-corrected chi connectivity index (χ1v) is 9.29. The SMILES string of the molecule is Cc1cc2ncc(CCCNC(=O)CCc3c(Cl)cccc3Cl)cn2n1. The van der Waals surface area contributed by atoms with Crippen LogP contribution in [0.4, 0.5) is 0 Å². The summed E-state index contributed by atoms with van der Waals surface area (Å²) in [7, 11) is 0. The Labute approximate surface area is 162 Å². The van der Waals surface area contributed by atoms with E-state index in [0.29, 0.717) is 29.4 Å². The number of nitrogens with one attached hydrogen (secondary N) is 1. The molecule has 1 amide bonds. The summed E-state index contributed by atoms with van der Waals surface area (Å²) in [4.78, 5) is 16.4. The Kier molecular flexibility index (Phi) is 6.12. The highest BCUT2D eigenvalue weighted by atomic mass is 35.5. The first-order valence-electron chi connectivity index (χ1n) is 8.53. The lowest BCUT2D eigenvalue weighted by atomic mass is 10.1. The molecule has 0 unspecified atom stereocenters. The van der Waals surface area contributed by atoms with Crippen LogP contribution in [0.25, 0.3) is 5.65 Å². The van der Waals surface area contributed by atoms with E-state index in [0.717, 1.165) is 35.3 Å². The van der Waals surface area contributed by atoms with Crippen LogP contribution in [0.1, 0.15) is 29.7 Å². The van der Waals surface area contributed by atoms with Crippen molar-refractivity contribution in [1.82, 2.24) is 19.9 Å². The largest absolute Gasteiger partial charge is 0.356 e. The fourth-order valence-corrected chi connectivity index (χ4v) is 3.37. The van der Waals surface area contributed by atoms with Crippen LogP contribution in [0.5, 0.6) is 0 Å². The third-order valence-corrected chi connectivity index (χ3v) is 4.83. The van der Waals surface area contributed by atoms with Gasteiger partial charge in [-0.3, -0.25) is 4.79 Å². The molecule has 7 heteroatoms. The summed E-state index contributed by atoms with van der Waals surface area (Å²) < 4.78 is 1.79. The number of benzene rings is 1. The van der Waals surface area contributed by atoms with Crippen LogP contribution < -0.4 is 5.32 Å². The molecule has 1 aromatic carbocycles. The smallest absolute Gasteiger partial charge is 0.220 e. The lowest BCUT2D eigenvalue weighted by Gasteiger charge is -2.08. The predicted octanol–water partition coefficient (Wildman–Crippen LogP) is 4.03. The Morgan fingerprint density at radius 2 is 2.00 bits per heavy atom. The summed E-state index contributed by atoms with van der Waals surface area (Å²) in [6, 6.07) is 7.31. The molecule has 1 N–H and O–H groups in total. The van der Waals surface area contributed by atoms with Crippen molar-refractivity contribution in [2.24, 2.45) is 0 Å². The van der Waals surface area contributed by atoms with Gasteiger partial charge in [0.05, 0.1) is 5.69 Å². The van der Waals surface area contributed by atoms with Crippen molar-refractivity contribution in [3.8, 4) is 0 Å². The molecule has 0 aliphatic carbocycles. The van der Waals surface area contributed by atoms with Crippen molar-refractivity contribution >= 4 is 34.8 Å². The molecule has 0 aliphatic heterocycles. The van der Waals surface area contributed by atoms with Crippen LogP contribution in [-0.2, 0) is 17.6 Å². The maximum absolute atomic E-state index is 12.0. The van der Waals surface area contributed by atoms with Crippen molar-refractivity contribution in [1.29, 1.82) is 0 Å². The van der Waals surface area contributed by atoms with E-state index in [1.807, 2.05) is 25.4 Å². The number of hydrogen-bond donors (Lipinski definition) is 1. The summed E-state index contributed by atoms with van der Waals surface area (Å²) in [5.74, 6) is -0.00253. The molecule has 5 nitrogen and oxygen atoms in total. The predicted molar refractivity (Wildman–Crippen MR) is 104 cm³/mol. The van der Waals surface area contributed by atoms with Crippen LogP contribution in [0.3, 0.4) is 0 Å². The summed E-state index contributed by atoms with van der Waals surface area (Å²) in [5.41, 5.74) is 3.70. The van der Waals surface area contributed by atoms with E-state index in [2.05, 4.69) is 15.4 Å². The zero-order valence-electron chi connectivity index (χ0n) is 14.5. The first kappa shape index (κ1) is 18.7. The zero-order valence-corrected chi connectivity index (χ0v) is 16.0. The van der Waals surface area contributed by atoms with Gasteiger partial charge in [-0.2, -0.15) is 5.10 Å². The number of rotatable bonds is 7. The fourth-order valence-electron chi connectivity index (χ4n) is 2.78. The van der Waals surface area contributed by atoms with Gasteiger partial charge in [-0.25, -0.2) is 9.50 Å². The number of amides is 1. The molecule has 3 aromatic rings. The van der Waals surface area contributed by atoms with Crippen LogP contribution in [-0.4, -0.2) is 27.0 Å². The third kappa shape index (κ3) is 4.74. The molecule has 26 heavy (non-hydrogen) atoms. The Hall–Kier alpha value is -2.11. The second-order valence-corrected chi connectivity index (χ2v) is 7.02. The van der Waals surface area contributed by atoms with Crippen molar-refractivity contribution in [2.75, 3.05) is 6.54 Å². The van der Waals surface area contributed by atoms with E-state index < -0.39 is 0 Å². The van der Waals surface area contributed by atoms with E-state index in [1.54, 1.807) is 22.7 Å². The number of carbonyl (C=O) groups is 1. The molecule has 0 bridgehead atoms. The standard InChI is InChI=1S/C19H20Cl2N4O/c1-13-10-18-23-11-14(12-25(18)24-13)4-3-9-22-19(26)8-7-15-16(20)5-2-6-17(15)21/h2,5-6,10-12H,3-4,7-9H2,1H3,(H,22,26). The normalized spacial score (nSPS) is 11.0. The summed E-state index contributed by atoms with van der Waals surface area (Å²) in [6.07, 6.45) is 6.41. The van der Waals surface area contributed by atoms with Gasteiger partial charge in [0.1, 0.15) is 0 Å². The molecule has 0 radical (unpaired) electrons. The molecule has 2 heterocycles. The highest BCUT2D eigenvalue weighted by molar-refractivity contribution is 6.36. The second kappa shape index (κ2) is 8.52. The number of fused-ring (bicyclic) bond motifs is 1. The van der Waals surface area contributed by atoms with Gasteiger partial charge in [0.15, 0.2) is 5.65 Å². The van der Waals surface area contributed by atoms with E-state index in [1.165, 1.54) is 0 Å². The number of halogens is 2. The molecule has 0 atom stereocenters. The van der Waals surface area contributed by atoms with Crippen molar-refractivity contribution < 1.29 is 4.79 Å². The van der Waals surface area contributed by atoms with Gasteiger partial charge in [-0.05, 0) is 49.4 Å². The average Bonchev–Trinajstić information content (AvgIpc) is 2.97. The Morgan fingerprint density at radius 3 is 2.77 bits per heavy atom. The van der Waals surface area contributed by atoms with Gasteiger partial charge in [-0.15, -0.1) is 0 Å². The summed E-state index contributed by atoms with van der Waals surface area (Å²) >= 11 is 12.2. The fraction of sp³-hybridized carbons (Fsp3) is 0.316. The molecule has 0 aliphatic rings. The molecular weight excluding hydrogens is 371 g/mol. The lowest BCUT2D eigenvalue weighted by molar-refractivity contribution is -0.121. The molecule has 0 spiro atoms. The topological polar surface area (TPSA) is 59.3 Å². The van der Waals surface area contributed by atoms with Crippen LogP contribution >= 0.6 is 23.2 Å². The van der Waals surface area contributed by atoms with E-state index in [9.17, 15) is 4.79 Å². The lowest BCUT2D eigenvalue weighted by Crippen LogP contribution is -2.25. The van der Waals surface area contributed by atoms with Gasteiger partial charge in [-0.1, -0.05) is 29.3 Å². The number of aromatic nitrogens is 3. The van der Waals surface area contributed by atoms with Crippen LogP contribution in [0.2, 0.25) is 10.0 Å². The highest BCUT2D eigenvalue weighted by Crippen LogP contribution is 2.25. The second-order valence-electron chi connectivity index (χ2n) is 6.20. The van der Waals surface area contributed by atoms with Gasteiger partial charge in [0, 0.05) is 41.5 Å². The van der Waals surface area contributed by atoms with Crippen molar-refractivity contribution in [3.63, 3.8) is 0 Å². The molecule has 0 fully saturated rings. The highest BCUT2D eigenvalue weighted by Gasteiger charge is 2.08. The average molecular weight is 391 g/mol. The van der Waals surface area contributed by atoms with E-state index in [-0.39, 0.29) is 5.91 Å². The van der Waals surface area contributed by atoms with Crippen LogP contribution in [0.15, 0.2) is 36.7 Å². The summed E-state index contributed by atoms with van der Waals surface area (Å²) in [6.45, 7) is 2.56. The Bertz CT molecular complexity index is 903. The van der Waals surface area contributed by atoms with Crippen molar-refractivity contribution in [2.45, 2.75) is 32.6 Å². The third-order valence-electron chi connectivity index (χ3n) is 4.12. The summed E-state index contributed by atoms with van der Waals surface area (Å²) in [5, 5.41) is 8.49. The molecule has 3 rings (SSSR count). The van der Waals surface area contributed by atoms with Gasteiger partial charge in [0.25, 0.3) is 0 Å². The van der Waals surface area contributed by atoms with Gasteiger partial charge < -0.3 is 5.32 Å². The maximum atomic E-state index is 12.0. The van der Waals surface area contributed by atoms with Gasteiger partial charge in [0.2, 0.25) is 5.91 Å². The van der Waals surface area contributed by atoms with E-state index in [4.69, 9.17) is 23.2 Å². The molecule has 2 aromatic heterocycles. The zero-order chi connectivity index (χ0) is 18.5. The molecule has 0 saturated heterocycles. The van der Waals surface area contributed by atoms with Crippen LogP contribution in [0, 0.1) is 6.92 Å². The monoisotopic (exact) mass is 390 g/mol. The molecule has 0 saturated carbocycles. The minimum atomic E-state index is -0.00253. The van der Waals surface area contributed by atoms with Gasteiger partial charge >= 0.3 is 0 Å². The number of aryl methyl sites for hydroxylation is 2. The Balaban J connectivity index is 1.42. The minimum Gasteiger partial charge on any atom is -0.356 e. The molecule has 136 valence electrons. The Morgan fingerprint density at radius 1 is 1.23 bits per heavy atom. The minimum absolute atomic E-state index is 0.00253. The van der Waals surface area contributed by atoms with Crippen molar-refractivity contribution in [3.05, 3.63) is 63.5 Å². The maximum Gasteiger partial charge on any atom is 0.220 e.